The summed E-state index contributed by atoms with van der Waals surface area (Å²) in [6, 6.07) is 42.6. The summed E-state index contributed by atoms with van der Waals surface area (Å²) in [7, 11) is -2.97. The van der Waals surface area contributed by atoms with Gasteiger partial charge in [0.25, 0.3) is 0 Å². The van der Waals surface area contributed by atoms with Gasteiger partial charge in [0.1, 0.15) is 0 Å². The molecule has 0 N–H and O–H groups in total. The Morgan fingerprint density at radius 1 is 0.500 bits per heavy atom. The van der Waals surface area contributed by atoms with Crippen LogP contribution in [0.15, 0.2) is 134 Å². The summed E-state index contributed by atoms with van der Waals surface area (Å²) in [4.78, 5) is 4.62. The zero-order chi connectivity index (χ0) is 23.0. The molecule has 1 heterocycles. The van der Waals surface area contributed by atoms with E-state index in [2.05, 4.69) is 53.5 Å². The number of benzene rings is 5. The third-order valence-corrected chi connectivity index (χ3v) is 9.47. The number of hydrogen-bond acceptors (Lipinski definition) is 2. The molecule has 1 aromatic heterocycles. The van der Waals surface area contributed by atoms with E-state index in [4.69, 9.17) is 0 Å². The van der Waals surface area contributed by atoms with Gasteiger partial charge in [-0.3, -0.25) is 4.98 Å². The van der Waals surface area contributed by atoms with Crippen molar-refractivity contribution in [2.75, 3.05) is 0 Å². The standard InChI is InChI=1S/C31H22NOP/c33-34(27-9-3-1-4-10-27,28-11-5-2-6-12-28)29-19-17-23(18-20-29)26-16-14-24-13-15-25-8-7-21-32-31(25)30(24)22-26/h1-22H. The van der Waals surface area contributed by atoms with Crippen LogP contribution in [-0.4, -0.2) is 4.98 Å². The van der Waals surface area contributed by atoms with Crippen molar-refractivity contribution in [2.24, 2.45) is 0 Å². The molecule has 0 aliphatic heterocycles. The summed E-state index contributed by atoms with van der Waals surface area (Å²) in [5.41, 5.74) is 3.22. The molecular formula is C31H22NOP. The molecule has 0 atom stereocenters. The van der Waals surface area contributed by atoms with E-state index < -0.39 is 7.14 Å². The molecule has 162 valence electrons. The number of fused-ring (bicyclic) bond motifs is 3. The van der Waals surface area contributed by atoms with E-state index in [-0.39, 0.29) is 0 Å². The van der Waals surface area contributed by atoms with Gasteiger partial charge in [-0.1, -0.05) is 115 Å². The first-order valence-corrected chi connectivity index (χ1v) is 13.0. The summed E-state index contributed by atoms with van der Waals surface area (Å²) in [5.74, 6) is 0. The Kier molecular flexibility index (Phi) is 5.09. The predicted molar refractivity (Wildman–Crippen MR) is 144 cm³/mol. The Bertz CT molecular complexity index is 1620. The minimum atomic E-state index is -2.97. The van der Waals surface area contributed by atoms with Crippen molar-refractivity contribution in [3.8, 4) is 11.1 Å². The van der Waals surface area contributed by atoms with Crippen LogP contribution in [0.3, 0.4) is 0 Å². The van der Waals surface area contributed by atoms with Crippen LogP contribution in [0.2, 0.25) is 0 Å². The smallest absolute Gasteiger partial charge is 0.171 e. The molecule has 34 heavy (non-hydrogen) atoms. The van der Waals surface area contributed by atoms with Crippen LogP contribution >= 0.6 is 7.14 Å². The fourth-order valence-corrected chi connectivity index (χ4v) is 7.28. The maximum atomic E-state index is 14.6. The highest BCUT2D eigenvalue weighted by atomic mass is 31.2. The summed E-state index contributed by atoms with van der Waals surface area (Å²) in [6.45, 7) is 0. The van der Waals surface area contributed by atoms with Crippen LogP contribution in [0, 0.1) is 0 Å². The van der Waals surface area contributed by atoms with Crippen molar-refractivity contribution in [1.82, 2.24) is 4.98 Å². The number of rotatable bonds is 4. The van der Waals surface area contributed by atoms with Crippen molar-refractivity contribution in [3.05, 3.63) is 134 Å². The van der Waals surface area contributed by atoms with Crippen LogP contribution in [0.1, 0.15) is 0 Å². The van der Waals surface area contributed by atoms with Crippen LogP contribution < -0.4 is 15.9 Å². The molecule has 0 aliphatic carbocycles. The summed E-state index contributed by atoms with van der Waals surface area (Å²) >= 11 is 0. The van der Waals surface area contributed by atoms with Gasteiger partial charge in [-0.15, -0.1) is 0 Å². The van der Waals surface area contributed by atoms with E-state index in [9.17, 15) is 4.57 Å². The molecule has 5 aromatic carbocycles. The lowest BCUT2D eigenvalue weighted by atomic mass is 9.99. The van der Waals surface area contributed by atoms with Crippen molar-refractivity contribution in [3.63, 3.8) is 0 Å². The molecule has 6 rings (SSSR count). The molecular weight excluding hydrogens is 433 g/mol. The molecule has 6 aromatic rings. The number of nitrogens with zero attached hydrogens (tertiary/aromatic N) is 1. The van der Waals surface area contributed by atoms with Gasteiger partial charge in [-0.2, -0.15) is 0 Å². The van der Waals surface area contributed by atoms with E-state index in [1.165, 1.54) is 5.39 Å². The van der Waals surface area contributed by atoms with Crippen LogP contribution in [0.25, 0.3) is 32.8 Å². The molecule has 2 nitrogen and oxygen atoms in total. The van der Waals surface area contributed by atoms with Gasteiger partial charge in [0.05, 0.1) is 5.52 Å². The van der Waals surface area contributed by atoms with Crippen molar-refractivity contribution >= 4 is 44.7 Å². The first-order valence-electron chi connectivity index (χ1n) is 11.3. The highest BCUT2D eigenvalue weighted by molar-refractivity contribution is 7.85. The zero-order valence-electron chi connectivity index (χ0n) is 18.5. The minimum absolute atomic E-state index is 0.835. The first kappa shape index (κ1) is 20.6. The minimum Gasteiger partial charge on any atom is -0.309 e. The van der Waals surface area contributed by atoms with Gasteiger partial charge in [-0.25, -0.2) is 0 Å². The van der Waals surface area contributed by atoms with Crippen molar-refractivity contribution in [1.29, 1.82) is 0 Å². The molecule has 0 unspecified atom stereocenters. The fraction of sp³-hybridized carbons (Fsp3) is 0. The van der Waals surface area contributed by atoms with Gasteiger partial charge < -0.3 is 4.57 Å². The van der Waals surface area contributed by atoms with E-state index in [0.29, 0.717) is 0 Å². The maximum absolute atomic E-state index is 14.6. The SMILES string of the molecule is O=P(c1ccccc1)(c1ccccc1)c1ccc(-c2ccc3ccc4cccnc4c3c2)cc1. The lowest BCUT2D eigenvalue weighted by Crippen LogP contribution is -2.24. The Hall–Kier alpha value is -4.00. The van der Waals surface area contributed by atoms with Gasteiger partial charge in [0, 0.05) is 32.9 Å². The van der Waals surface area contributed by atoms with Crippen molar-refractivity contribution in [2.45, 2.75) is 0 Å². The zero-order valence-corrected chi connectivity index (χ0v) is 19.4. The Labute approximate surface area is 198 Å². The molecule has 0 radical (unpaired) electrons. The summed E-state index contributed by atoms with van der Waals surface area (Å²) in [5, 5.41) is 5.97. The second kappa shape index (κ2) is 8.41. The average Bonchev–Trinajstić information content (AvgIpc) is 2.93. The van der Waals surface area contributed by atoms with Crippen LogP contribution in [0.4, 0.5) is 0 Å². The van der Waals surface area contributed by atoms with Crippen LogP contribution in [-0.2, 0) is 4.57 Å². The summed E-state index contributed by atoms with van der Waals surface area (Å²) < 4.78 is 14.6. The lowest BCUT2D eigenvalue weighted by molar-refractivity contribution is 0.592. The molecule has 0 fully saturated rings. The third kappa shape index (κ3) is 3.44. The fourth-order valence-electron chi connectivity index (χ4n) is 4.63. The van der Waals surface area contributed by atoms with E-state index in [1.807, 2.05) is 85.1 Å². The van der Waals surface area contributed by atoms with Crippen LogP contribution in [0.5, 0.6) is 0 Å². The predicted octanol–water partition coefficient (Wildman–Crippen LogP) is 6.69. The number of hydrogen-bond donors (Lipinski definition) is 0. The highest BCUT2D eigenvalue weighted by Crippen LogP contribution is 2.42. The normalized spacial score (nSPS) is 11.6. The Morgan fingerprint density at radius 2 is 1.06 bits per heavy atom. The van der Waals surface area contributed by atoms with E-state index in [1.54, 1.807) is 0 Å². The molecule has 0 amide bonds. The molecule has 0 saturated carbocycles. The Morgan fingerprint density at radius 3 is 1.74 bits per heavy atom. The van der Waals surface area contributed by atoms with E-state index >= 15 is 0 Å². The maximum Gasteiger partial charge on any atom is 0.171 e. The average molecular weight is 455 g/mol. The largest absolute Gasteiger partial charge is 0.309 e. The molecule has 0 aliphatic rings. The Balaban J connectivity index is 1.47. The van der Waals surface area contributed by atoms with Gasteiger partial charge in [0.2, 0.25) is 0 Å². The quantitative estimate of drug-likeness (QED) is 0.219. The molecule has 3 heteroatoms. The third-order valence-electron chi connectivity index (χ3n) is 6.39. The highest BCUT2D eigenvalue weighted by Gasteiger charge is 2.29. The second-order valence-corrected chi connectivity index (χ2v) is 11.2. The van der Waals surface area contributed by atoms with Crippen molar-refractivity contribution < 1.29 is 4.57 Å². The lowest BCUT2D eigenvalue weighted by Gasteiger charge is -2.20. The summed E-state index contributed by atoms with van der Waals surface area (Å²) in [6.07, 6.45) is 1.84. The number of aromatic nitrogens is 1. The van der Waals surface area contributed by atoms with E-state index in [0.717, 1.165) is 43.3 Å². The molecule has 0 spiro atoms. The molecule has 0 saturated heterocycles. The monoisotopic (exact) mass is 455 g/mol. The topological polar surface area (TPSA) is 30.0 Å². The van der Waals surface area contributed by atoms with Gasteiger partial charge in [0.15, 0.2) is 7.14 Å². The first-order chi connectivity index (χ1) is 16.7. The second-order valence-electron chi connectivity index (χ2n) is 8.40. The van der Waals surface area contributed by atoms with Gasteiger partial charge >= 0.3 is 0 Å². The number of pyridine rings is 1. The van der Waals surface area contributed by atoms with Gasteiger partial charge in [-0.05, 0) is 28.6 Å². The molecule has 0 bridgehead atoms.